The van der Waals surface area contributed by atoms with Gasteiger partial charge >= 0.3 is 0 Å². The van der Waals surface area contributed by atoms with Crippen LogP contribution in [0.25, 0.3) is 0 Å². The van der Waals surface area contributed by atoms with Crippen LogP contribution in [-0.2, 0) is 35.9 Å². The van der Waals surface area contributed by atoms with Crippen molar-refractivity contribution in [2.45, 2.75) is 139 Å². The van der Waals surface area contributed by atoms with Crippen LogP contribution in [0.4, 0.5) is 0 Å². The summed E-state index contributed by atoms with van der Waals surface area (Å²) in [5.41, 5.74) is 4.05. The topological polar surface area (TPSA) is 51.6 Å². The molecule has 0 amide bonds. The summed E-state index contributed by atoms with van der Waals surface area (Å²) in [4.78, 5) is 18.4. The van der Waals surface area contributed by atoms with E-state index in [1.165, 1.54) is 103 Å². The third-order valence-corrected chi connectivity index (χ3v) is 8.25. The third kappa shape index (κ3) is 15.4. The van der Waals surface area contributed by atoms with Crippen LogP contribution in [0.1, 0.15) is 137 Å². The maximum absolute atomic E-state index is 4.60. The minimum Gasteiger partial charge on any atom is -0.237 e. The van der Waals surface area contributed by atoms with E-state index in [0.29, 0.717) is 23.0 Å². The van der Waals surface area contributed by atoms with E-state index in [1.807, 2.05) is 12.1 Å². The molecule has 2 aromatic heterocycles. The summed E-state index contributed by atoms with van der Waals surface area (Å²) in [6, 6.07) is 4.02. The van der Waals surface area contributed by atoms with Crippen molar-refractivity contribution in [1.82, 2.24) is 19.9 Å². The van der Waals surface area contributed by atoms with Crippen molar-refractivity contribution < 1.29 is 0 Å². The number of nitrogens with zero attached hydrogens (tertiary/aromatic N) is 4. The molecule has 0 N–H and O–H groups in total. The Labute approximate surface area is 254 Å². The lowest BCUT2D eigenvalue weighted by Crippen LogP contribution is -2.02. The maximum atomic E-state index is 4.60. The SMILES string of the molecule is SCc1cc(CS)nc(CCCCCCCCCCCCCCCCCCc2nc(CS)cc(CS)n2)n1. The van der Waals surface area contributed by atoms with Crippen molar-refractivity contribution in [3.63, 3.8) is 0 Å². The molecule has 0 aromatic carbocycles. The molecule has 0 bridgehead atoms. The molecule has 4 nitrogen and oxygen atoms in total. The fourth-order valence-corrected chi connectivity index (χ4v) is 5.46. The quantitative estimate of drug-likeness (QED) is 0.0766. The van der Waals surface area contributed by atoms with Crippen molar-refractivity contribution in [2.24, 2.45) is 0 Å². The van der Waals surface area contributed by atoms with Gasteiger partial charge in [0.2, 0.25) is 0 Å². The second kappa shape index (κ2) is 22.3. The highest BCUT2D eigenvalue weighted by molar-refractivity contribution is 7.79. The normalized spacial score (nSPS) is 11.4. The Morgan fingerprint density at radius 3 is 0.763 bits per heavy atom. The standard InChI is InChI=1S/C30H50N4S4/c35-21-25-19-26(22-36)32-29(31-25)17-15-13-11-9-7-5-3-1-2-4-6-8-10-12-14-16-18-30-33-27(23-37)20-28(24-38)34-30/h19-20,35-38H,1-18,21-24H2. The van der Waals surface area contributed by atoms with E-state index in [4.69, 9.17) is 0 Å². The number of hydrogen-bond donors (Lipinski definition) is 4. The van der Waals surface area contributed by atoms with Gasteiger partial charge in [-0.05, 0) is 25.0 Å². The Kier molecular flexibility index (Phi) is 19.8. The van der Waals surface area contributed by atoms with Crippen LogP contribution >= 0.6 is 50.5 Å². The van der Waals surface area contributed by atoms with Gasteiger partial charge in [-0.15, -0.1) is 0 Å². The van der Waals surface area contributed by atoms with Gasteiger partial charge < -0.3 is 0 Å². The average Bonchev–Trinajstić information content (AvgIpc) is 2.95. The Hall–Kier alpha value is -0.440. The zero-order valence-electron chi connectivity index (χ0n) is 23.3. The molecule has 214 valence electrons. The molecule has 0 unspecified atom stereocenters. The minimum absolute atomic E-state index is 0.665. The van der Waals surface area contributed by atoms with Crippen molar-refractivity contribution in [2.75, 3.05) is 0 Å². The first-order chi connectivity index (χ1) is 18.7. The lowest BCUT2D eigenvalue weighted by Gasteiger charge is -2.06. The van der Waals surface area contributed by atoms with Crippen LogP contribution in [0.2, 0.25) is 0 Å². The summed E-state index contributed by atoms with van der Waals surface area (Å²) in [6.07, 6.45) is 23.4. The molecule has 0 aliphatic rings. The third-order valence-electron chi connectivity index (χ3n) is 6.96. The lowest BCUT2D eigenvalue weighted by molar-refractivity contribution is 0.526. The van der Waals surface area contributed by atoms with E-state index in [2.05, 4.69) is 70.5 Å². The number of aryl methyl sites for hydroxylation is 2. The molecule has 0 aliphatic carbocycles. The van der Waals surface area contributed by atoms with Crippen LogP contribution in [0.3, 0.4) is 0 Å². The smallest absolute Gasteiger partial charge is 0.128 e. The van der Waals surface area contributed by atoms with E-state index in [1.54, 1.807) is 0 Å². The van der Waals surface area contributed by atoms with Crippen molar-refractivity contribution in [3.8, 4) is 0 Å². The van der Waals surface area contributed by atoms with Gasteiger partial charge in [0.15, 0.2) is 0 Å². The number of rotatable bonds is 23. The maximum Gasteiger partial charge on any atom is 0.128 e. The zero-order chi connectivity index (χ0) is 27.3. The Morgan fingerprint density at radius 1 is 0.342 bits per heavy atom. The van der Waals surface area contributed by atoms with Gasteiger partial charge in [-0.2, -0.15) is 50.5 Å². The van der Waals surface area contributed by atoms with Crippen LogP contribution in [0.5, 0.6) is 0 Å². The van der Waals surface area contributed by atoms with Crippen LogP contribution in [0.15, 0.2) is 12.1 Å². The second-order valence-corrected chi connectivity index (χ2v) is 11.6. The van der Waals surface area contributed by atoms with Gasteiger partial charge in [0.1, 0.15) is 11.6 Å². The molecule has 2 aromatic rings. The molecule has 0 spiro atoms. The van der Waals surface area contributed by atoms with Crippen LogP contribution < -0.4 is 0 Å². The fraction of sp³-hybridized carbons (Fsp3) is 0.733. The molecule has 2 heterocycles. The van der Waals surface area contributed by atoms with E-state index in [9.17, 15) is 0 Å². The summed E-state index contributed by atoms with van der Waals surface area (Å²) in [7, 11) is 0. The average molecular weight is 595 g/mol. The molecule has 2 rings (SSSR count). The minimum atomic E-state index is 0.665. The molecular formula is C30H50N4S4. The van der Waals surface area contributed by atoms with E-state index in [0.717, 1.165) is 47.3 Å². The summed E-state index contributed by atoms with van der Waals surface area (Å²) in [5, 5.41) is 0. The largest absolute Gasteiger partial charge is 0.237 e. The first kappa shape index (κ1) is 33.8. The summed E-state index contributed by atoms with van der Waals surface area (Å²) in [5.74, 6) is 4.59. The Bertz CT molecular complexity index is 765. The first-order valence-electron chi connectivity index (χ1n) is 14.8. The predicted molar refractivity (Wildman–Crippen MR) is 176 cm³/mol. The van der Waals surface area contributed by atoms with Gasteiger partial charge in [-0.25, -0.2) is 19.9 Å². The van der Waals surface area contributed by atoms with Crippen molar-refractivity contribution >= 4 is 50.5 Å². The lowest BCUT2D eigenvalue weighted by atomic mass is 10.0. The van der Waals surface area contributed by atoms with Gasteiger partial charge in [-0.1, -0.05) is 89.9 Å². The molecule has 0 radical (unpaired) electrons. The summed E-state index contributed by atoms with van der Waals surface area (Å²) >= 11 is 17.4. The van der Waals surface area contributed by atoms with E-state index in [-0.39, 0.29) is 0 Å². The highest BCUT2D eigenvalue weighted by Crippen LogP contribution is 2.16. The highest BCUT2D eigenvalue weighted by atomic mass is 32.1. The Morgan fingerprint density at radius 2 is 0.553 bits per heavy atom. The molecule has 38 heavy (non-hydrogen) atoms. The number of aromatic nitrogens is 4. The van der Waals surface area contributed by atoms with Crippen molar-refractivity contribution in [3.05, 3.63) is 46.6 Å². The molecule has 0 saturated heterocycles. The number of thiol groups is 4. The Balaban J connectivity index is 1.33. The summed E-state index contributed by atoms with van der Waals surface area (Å²) < 4.78 is 0. The zero-order valence-corrected chi connectivity index (χ0v) is 26.9. The van der Waals surface area contributed by atoms with Crippen LogP contribution in [0, 0.1) is 0 Å². The van der Waals surface area contributed by atoms with Gasteiger partial charge in [0.05, 0.1) is 22.8 Å². The second-order valence-electron chi connectivity index (χ2n) is 10.3. The fourth-order valence-electron chi connectivity index (χ4n) is 4.82. The molecule has 0 fully saturated rings. The van der Waals surface area contributed by atoms with Gasteiger partial charge in [0.25, 0.3) is 0 Å². The van der Waals surface area contributed by atoms with Crippen LogP contribution in [-0.4, -0.2) is 19.9 Å². The summed E-state index contributed by atoms with van der Waals surface area (Å²) in [6.45, 7) is 0. The van der Waals surface area contributed by atoms with Gasteiger partial charge in [-0.3, -0.25) is 0 Å². The first-order valence-corrected chi connectivity index (χ1v) is 17.4. The highest BCUT2D eigenvalue weighted by Gasteiger charge is 2.05. The molecule has 0 aliphatic heterocycles. The van der Waals surface area contributed by atoms with Crippen molar-refractivity contribution in [1.29, 1.82) is 0 Å². The van der Waals surface area contributed by atoms with E-state index >= 15 is 0 Å². The van der Waals surface area contributed by atoms with E-state index < -0.39 is 0 Å². The molecular weight excluding hydrogens is 545 g/mol. The monoisotopic (exact) mass is 594 g/mol. The molecule has 0 atom stereocenters. The predicted octanol–water partition coefficient (Wildman–Crippen LogP) is 9.01. The molecule has 8 heteroatoms. The number of unbranched alkanes of at least 4 members (excludes halogenated alkanes) is 15. The van der Waals surface area contributed by atoms with Gasteiger partial charge in [0, 0.05) is 35.9 Å². The molecule has 0 saturated carbocycles. The number of hydrogen-bond acceptors (Lipinski definition) is 8.